The Hall–Kier alpha value is 0.270. The predicted octanol–water partition coefficient (Wildman–Crippen LogP) is 0.554. The third-order valence-electron chi connectivity index (χ3n) is 0.853. The van der Waals surface area contributed by atoms with Crippen molar-refractivity contribution in [2.75, 3.05) is 34.3 Å². The lowest BCUT2D eigenvalue weighted by Crippen LogP contribution is -2.37. The molecule has 0 N–H and O–H groups in total. The normalized spacial score (nSPS) is 12.0. The fourth-order valence-corrected chi connectivity index (χ4v) is 0.396. The Morgan fingerprint density at radius 3 is 2.00 bits per heavy atom. The fraction of sp³-hybridized carbons (Fsp3) is 1.00. The molecule has 0 aromatic heterocycles. The molecule has 8 heavy (non-hydrogen) atoms. The molecule has 2 nitrogen and oxygen atoms in total. The largest absolute Gasteiger partial charge is 0.329 e. The van der Waals surface area contributed by atoms with Crippen LogP contribution >= 0.6 is 12.9 Å². The van der Waals surface area contributed by atoms with Crippen LogP contribution in [0.15, 0.2) is 0 Å². The second-order valence-corrected chi connectivity index (χ2v) is 3.11. The first-order valence-electron chi connectivity index (χ1n) is 2.63. The quantitative estimate of drug-likeness (QED) is 0.339. The zero-order valence-electron chi connectivity index (χ0n) is 5.72. The molecule has 0 radical (unpaired) electrons. The van der Waals surface area contributed by atoms with Crippen molar-refractivity contribution in [2.45, 2.75) is 0 Å². The first-order chi connectivity index (χ1) is 3.56. The summed E-state index contributed by atoms with van der Waals surface area (Å²) in [7, 11) is 6.35. The smallest absolute Gasteiger partial charge is 0.110 e. The number of thiol groups is 1. The van der Waals surface area contributed by atoms with E-state index in [0.29, 0.717) is 6.61 Å². The van der Waals surface area contributed by atoms with Gasteiger partial charge in [-0.15, -0.1) is 0 Å². The number of rotatable bonds is 3. The minimum Gasteiger partial charge on any atom is -0.329 e. The average Bonchev–Trinajstić information content (AvgIpc) is 1.59. The first-order valence-corrected chi connectivity index (χ1v) is 2.99. The molecule has 0 fully saturated rings. The number of quaternary nitrogens is 1. The molecular formula is C5H14NOS+. The van der Waals surface area contributed by atoms with Crippen LogP contribution in [0.4, 0.5) is 0 Å². The Balaban J connectivity index is 3.11. The van der Waals surface area contributed by atoms with E-state index in [-0.39, 0.29) is 0 Å². The van der Waals surface area contributed by atoms with Crippen LogP contribution in [0.2, 0.25) is 0 Å². The molecule has 0 aliphatic heterocycles. The molecule has 0 amide bonds. The lowest BCUT2D eigenvalue weighted by Gasteiger charge is -2.22. The first kappa shape index (κ1) is 8.27. The molecule has 0 aliphatic rings. The third kappa shape index (κ3) is 6.27. The highest BCUT2D eigenvalue weighted by atomic mass is 32.1. The van der Waals surface area contributed by atoms with E-state index in [0.717, 1.165) is 11.0 Å². The Labute approximate surface area is 56.6 Å². The van der Waals surface area contributed by atoms with Gasteiger partial charge in [-0.3, -0.25) is 0 Å². The molecule has 3 heteroatoms. The van der Waals surface area contributed by atoms with E-state index < -0.39 is 0 Å². The number of likely N-dealkylation sites (N-methyl/N-ethyl adjacent to an activating group) is 1. The van der Waals surface area contributed by atoms with Crippen LogP contribution < -0.4 is 0 Å². The van der Waals surface area contributed by atoms with Gasteiger partial charge in [0, 0.05) is 0 Å². The Morgan fingerprint density at radius 2 is 1.88 bits per heavy atom. The van der Waals surface area contributed by atoms with Gasteiger partial charge in [0.1, 0.15) is 13.2 Å². The van der Waals surface area contributed by atoms with Crippen molar-refractivity contribution < 1.29 is 8.67 Å². The second-order valence-electron chi connectivity index (χ2n) is 2.85. The molecule has 50 valence electrons. The number of hydrogen-bond donors (Lipinski definition) is 1. The maximum atomic E-state index is 4.60. The van der Waals surface area contributed by atoms with E-state index in [1.165, 1.54) is 0 Å². The molecule has 0 atom stereocenters. The average molecular weight is 136 g/mol. The lowest BCUT2D eigenvalue weighted by atomic mass is 10.5. The minimum atomic E-state index is 0.715. The van der Waals surface area contributed by atoms with Gasteiger partial charge in [0.2, 0.25) is 0 Å². The minimum absolute atomic E-state index is 0.715. The Kier molecular flexibility index (Phi) is 3.44. The van der Waals surface area contributed by atoms with E-state index in [1.54, 1.807) is 0 Å². The molecule has 0 bridgehead atoms. The SMILES string of the molecule is C[N+](C)(C)CCOS. The zero-order chi connectivity index (χ0) is 6.62. The second kappa shape index (κ2) is 3.33. The summed E-state index contributed by atoms with van der Waals surface area (Å²) < 4.78 is 5.53. The molecule has 0 rings (SSSR count). The summed E-state index contributed by atoms with van der Waals surface area (Å²) in [5.74, 6) is 0. The fourth-order valence-electron chi connectivity index (χ4n) is 0.315. The maximum Gasteiger partial charge on any atom is 0.110 e. The molecule has 0 aliphatic carbocycles. The zero-order valence-corrected chi connectivity index (χ0v) is 6.61. The molecule has 0 spiro atoms. The van der Waals surface area contributed by atoms with Crippen LogP contribution in [0.25, 0.3) is 0 Å². The van der Waals surface area contributed by atoms with Gasteiger partial charge >= 0.3 is 0 Å². The highest BCUT2D eigenvalue weighted by Gasteiger charge is 2.03. The topological polar surface area (TPSA) is 9.23 Å². The van der Waals surface area contributed by atoms with Gasteiger partial charge in [-0.05, 0) is 12.9 Å². The van der Waals surface area contributed by atoms with Crippen molar-refractivity contribution in [2.24, 2.45) is 0 Å². The highest BCUT2D eigenvalue weighted by Crippen LogP contribution is 1.89. The van der Waals surface area contributed by atoms with E-state index in [2.05, 4.69) is 38.2 Å². The Bertz CT molecular complexity index is 59.9. The summed E-state index contributed by atoms with van der Waals surface area (Å²) >= 11 is 3.62. The van der Waals surface area contributed by atoms with Gasteiger partial charge in [0.15, 0.2) is 0 Å². The Morgan fingerprint density at radius 1 is 1.38 bits per heavy atom. The summed E-state index contributed by atoms with van der Waals surface area (Å²) in [6, 6.07) is 0. The molecular weight excluding hydrogens is 122 g/mol. The predicted molar refractivity (Wildman–Crippen MR) is 37.8 cm³/mol. The van der Waals surface area contributed by atoms with E-state index >= 15 is 0 Å². The molecule has 0 unspecified atom stereocenters. The summed E-state index contributed by atoms with van der Waals surface area (Å²) in [4.78, 5) is 0. The summed E-state index contributed by atoms with van der Waals surface area (Å²) in [5, 5.41) is 0. The van der Waals surface area contributed by atoms with Crippen LogP contribution in [0, 0.1) is 0 Å². The van der Waals surface area contributed by atoms with E-state index in [4.69, 9.17) is 0 Å². The van der Waals surface area contributed by atoms with Gasteiger partial charge in [-0.25, -0.2) is 0 Å². The van der Waals surface area contributed by atoms with Crippen LogP contribution in [-0.4, -0.2) is 38.8 Å². The van der Waals surface area contributed by atoms with Crippen LogP contribution in [0.5, 0.6) is 0 Å². The summed E-state index contributed by atoms with van der Waals surface area (Å²) in [6.45, 7) is 1.72. The molecule has 0 heterocycles. The lowest BCUT2D eigenvalue weighted by molar-refractivity contribution is -0.870. The third-order valence-corrected chi connectivity index (χ3v) is 1.04. The molecule has 0 saturated carbocycles. The standard InChI is InChI=1S/C5H13NOS/c1-6(2,3)4-5-7-8/h4-5H2,1-3H3/p+1. The van der Waals surface area contributed by atoms with Gasteiger partial charge < -0.3 is 8.67 Å². The molecule has 0 aromatic carbocycles. The summed E-state index contributed by atoms with van der Waals surface area (Å²) in [6.07, 6.45) is 0. The van der Waals surface area contributed by atoms with Gasteiger partial charge in [-0.2, -0.15) is 0 Å². The maximum absolute atomic E-state index is 4.60. The van der Waals surface area contributed by atoms with Crippen molar-refractivity contribution in [1.29, 1.82) is 0 Å². The van der Waals surface area contributed by atoms with Crippen LogP contribution in [0.1, 0.15) is 0 Å². The van der Waals surface area contributed by atoms with Crippen molar-refractivity contribution in [1.82, 2.24) is 0 Å². The highest BCUT2D eigenvalue weighted by molar-refractivity contribution is 7.75. The number of nitrogens with zero attached hydrogens (tertiary/aromatic N) is 1. The van der Waals surface area contributed by atoms with E-state index in [9.17, 15) is 0 Å². The van der Waals surface area contributed by atoms with Gasteiger partial charge in [0.25, 0.3) is 0 Å². The van der Waals surface area contributed by atoms with E-state index in [1.807, 2.05) is 0 Å². The molecule has 0 saturated heterocycles. The van der Waals surface area contributed by atoms with Crippen molar-refractivity contribution in [3.63, 3.8) is 0 Å². The molecule has 0 aromatic rings. The van der Waals surface area contributed by atoms with Crippen molar-refractivity contribution in [3.8, 4) is 0 Å². The van der Waals surface area contributed by atoms with Crippen molar-refractivity contribution >= 4 is 12.9 Å². The summed E-state index contributed by atoms with van der Waals surface area (Å²) in [5.41, 5.74) is 0. The monoisotopic (exact) mass is 136 g/mol. The van der Waals surface area contributed by atoms with Gasteiger partial charge in [0.05, 0.1) is 21.1 Å². The van der Waals surface area contributed by atoms with Gasteiger partial charge in [-0.1, -0.05) is 0 Å². The number of hydrogen-bond acceptors (Lipinski definition) is 2. The van der Waals surface area contributed by atoms with Crippen LogP contribution in [-0.2, 0) is 4.18 Å². The van der Waals surface area contributed by atoms with Crippen molar-refractivity contribution in [3.05, 3.63) is 0 Å². The van der Waals surface area contributed by atoms with Crippen LogP contribution in [0.3, 0.4) is 0 Å².